The first-order valence-corrected chi connectivity index (χ1v) is 39.6. The minimum absolute atomic E-state index is 0.0309. The van der Waals surface area contributed by atoms with Gasteiger partial charge in [0.05, 0.1) is 22.3 Å². The summed E-state index contributed by atoms with van der Waals surface area (Å²) >= 11 is 2.62. The number of aliphatic carboxylic acids is 2. The van der Waals surface area contributed by atoms with E-state index in [1.165, 1.54) is 23.5 Å². The van der Waals surface area contributed by atoms with E-state index in [1.54, 1.807) is 0 Å². The van der Waals surface area contributed by atoms with Crippen molar-refractivity contribution < 1.29 is 58.0 Å². The zero-order valence-corrected chi connectivity index (χ0v) is 67.2. The molecule has 3 aliphatic rings. The number of aromatic nitrogens is 1. The molecule has 98 heavy (non-hydrogen) atoms. The second-order valence-corrected chi connectivity index (χ2v) is 37.7. The number of ether oxygens (including phenoxy) is 3. The van der Waals surface area contributed by atoms with Crippen molar-refractivity contribution in [1.29, 1.82) is 0 Å². The van der Waals surface area contributed by atoms with E-state index < -0.39 is 63.3 Å². The van der Waals surface area contributed by atoms with Crippen LogP contribution in [-0.4, -0.2) is 103 Å². The van der Waals surface area contributed by atoms with E-state index in [0.29, 0.717) is 84.4 Å². The zero-order valence-electron chi connectivity index (χ0n) is 65.5. The van der Waals surface area contributed by atoms with Crippen molar-refractivity contribution in [2.75, 3.05) is 23.4 Å². The highest BCUT2D eigenvalue weighted by atomic mass is 32.2. The Morgan fingerprint density at radius 1 is 0.602 bits per heavy atom. The van der Waals surface area contributed by atoms with Crippen LogP contribution in [0.2, 0.25) is 0 Å². The van der Waals surface area contributed by atoms with Crippen LogP contribution in [-0.2, 0) is 43.0 Å². The minimum Gasteiger partial charge on any atom is -0.481 e. The molecule has 5 atom stereocenters. The molecule has 2 fully saturated rings. The van der Waals surface area contributed by atoms with Gasteiger partial charge in [-0.3, -0.25) is 24.0 Å². The Balaban J connectivity index is 1.97. The standard InChI is InChI=1S/C80H134N4O12S2/c1-26-78(24,25)73(93)94-39-41-98-80(29-4,30-5)72(92)84-67-63(70(90)96-65-54(76(18,19)20)44-51(11)45-55(65)77(21,22)23)61(49(8)9)57(82-67)46-56-60(48(6)7)62(69(89)95-64-52(74(12,13)14)42-50(10)43-53(64)75(15,16)17)66(81-56)83-71(91)79(27-2,28-3)38-36-34-32-31-33-35-37-40-97-58(68(87)88)47-59(85)86/h46,48-55,58,64-65,82H,26-45,47H2,1-25H3,(H,84,92)(H,85,86)(H,87,88)(H,81,83,91). The van der Waals surface area contributed by atoms with Crippen LogP contribution in [0.1, 0.15) is 316 Å². The molecule has 4 rings (SSSR count). The number of nitrogens with one attached hydrogen (secondary N) is 3. The van der Waals surface area contributed by atoms with Crippen LogP contribution in [0, 0.1) is 73.9 Å². The normalized spacial score (nSPS) is 22.3. The smallest absolute Gasteiger partial charge is 0.342 e. The maximum Gasteiger partial charge on any atom is 0.342 e. The number of aliphatic imine (C=N–C) groups is 1. The molecular formula is C80H134N4O12S2. The number of allylic oxidation sites excluding steroid dienone is 1. The lowest BCUT2D eigenvalue weighted by molar-refractivity contribution is -0.164. The molecule has 2 saturated carbocycles. The summed E-state index contributed by atoms with van der Waals surface area (Å²) in [7, 11) is 0. The van der Waals surface area contributed by atoms with Gasteiger partial charge in [-0.2, -0.15) is 0 Å². The quantitative estimate of drug-likeness (QED) is 0.0245. The van der Waals surface area contributed by atoms with E-state index in [1.807, 2.05) is 82.2 Å². The topological polar surface area (TPSA) is 240 Å². The number of carboxylic acids is 2. The summed E-state index contributed by atoms with van der Waals surface area (Å²) in [4.78, 5) is 107. The summed E-state index contributed by atoms with van der Waals surface area (Å²) in [6.45, 7) is 53.2. The minimum atomic E-state index is -1.12. The average Bonchev–Trinajstić information content (AvgIpc) is 1.45. The van der Waals surface area contributed by atoms with E-state index in [0.717, 1.165) is 70.6 Å². The first-order chi connectivity index (χ1) is 45.3. The fraction of sp³-hybridized carbons (Fsp3) is 0.800. The van der Waals surface area contributed by atoms with Crippen molar-refractivity contribution in [1.82, 2.24) is 10.3 Å². The number of anilines is 1. The predicted octanol–water partition coefficient (Wildman–Crippen LogP) is 19.7. The first-order valence-electron chi connectivity index (χ1n) is 37.5. The van der Waals surface area contributed by atoms with E-state index in [2.05, 4.69) is 113 Å². The molecule has 1 aromatic heterocycles. The van der Waals surface area contributed by atoms with Gasteiger partial charge in [0.1, 0.15) is 46.9 Å². The van der Waals surface area contributed by atoms with Crippen molar-refractivity contribution >= 4 is 82.9 Å². The number of thioether (sulfide) groups is 2. The third kappa shape index (κ3) is 22.5. The van der Waals surface area contributed by atoms with E-state index >= 15 is 19.2 Å². The van der Waals surface area contributed by atoms with Crippen LogP contribution in [0.3, 0.4) is 0 Å². The number of carbonyl (C=O) groups excluding carboxylic acids is 5. The molecule has 18 heteroatoms. The van der Waals surface area contributed by atoms with Gasteiger partial charge in [-0.1, -0.05) is 198 Å². The largest absolute Gasteiger partial charge is 0.481 e. The van der Waals surface area contributed by atoms with Gasteiger partial charge >= 0.3 is 29.8 Å². The summed E-state index contributed by atoms with van der Waals surface area (Å²) in [6, 6.07) is 0. The number of H-pyrrole nitrogens is 1. The second-order valence-electron chi connectivity index (χ2n) is 34.9. The summed E-state index contributed by atoms with van der Waals surface area (Å²) in [5.74, 6) is -2.59. The van der Waals surface area contributed by atoms with Crippen molar-refractivity contribution in [3.05, 3.63) is 33.7 Å². The molecule has 2 heterocycles. The number of rotatable bonds is 34. The Bertz CT molecular complexity index is 2920. The number of aromatic amines is 1. The molecule has 0 saturated heterocycles. The van der Waals surface area contributed by atoms with Crippen LogP contribution in [0.4, 0.5) is 5.82 Å². The van der Waals surface area contributed by atoms with E-state index in [-0.39, 0.29) is 104 Å². The Hall–Kier alpha value is -4.58. The number of carbonyl (C=O) groups is 7. The zero-order chi connectivity index (χ0) is 74.4. The maximum atomic E-state index is 15.9. The lowest BCUT2D eigenvalue weighted by Gasteiger charge is -2.50. The monoisotopic (exact) mass is 1410 g/mol. The fourth-order valence-corrected chi connectivity index (χ4v) is 17.6. The van der Waals surface area contributed by atoms with E-state index in [4.69, 9.17) is 24.3 Å². The Kier molecular flexibility index (Phi) is 31.6. The average molecular weight is 1410 g/mol. The van der Waals surface area contributed by atoms with Crippen LogP contribution < -0.4 is 10.6 Å². The van der Waals surface area contributed by atoms with Gasteiger partial charge in [-0.15, -0.1) is 23.5 Å². The highest BCUT2D eigenvalue weighted by Crippen LogP contribution is 2.53. The number of amides is 2. The second kappa shape index (κ2) is 36.0. The summed E-state index contributed by atoms with van der Waals surface area (Å²) in [5.41, 5.74) is 0.233. The van der Waals surface area contributed by atoms with Gasteiger partial charge < -0.3 is 40.0 Å². The SMILES string of the molecule is CCC(C)(C)C(=O)OCCSC(CC)(CC)C(=O)Nc1[nH]c(C=C2N=C(NC(=O)C(CC)(CC)CCCCCCCCCSC(CC(=O)O)C(=O)O)C(C(=O)OC3C(C(C)(C)C)CC(C)CC3C(C)(C)C)=C2C(C)C)c(C(C)C)c1C(=O)OC1C(C(C)(C)C)CC(C)CC1C(C)(C)C. The lowest BCUT2D eigenvalue weighted by Crippen LogP contribution is -2.50. The maximum absolute atomic E-state index is 15.9. The molecular weight excluding hydrogens is 1270 g/mol. The van der Waals surface area contributed by atoms with Crippen LogP contribution >= 0.6 is 23.5 Å². The summed E-state index contributed by atoms with van der Waals surface area (Å²) in [6.07, 6.45) is 13.7. The Morgan fingerprint density at radius 3 is 1.49 bits per heavy atom. The van der Waals surface area contributed by atoms with Gasteiger partial charge in [0, 0.05) is 40.5 Å². The van der Waals surface area contributed by atoms with Crippen molar-refractivity contribution in [3.63, 3.8) is 0 Å². The van der Waals surface area contributed by atoms with Crippen LogP contribution in [0.15, 0.2) is 21.8 Å². The third-order valence-electron chi connectivity index (χ3n) is 22.3. The number of amidine groups is 1. The molecule has 0 radical (unpaired) electrons. The van der Waals surface area contributed by atoms with Crippen molar-refractivity contribution in [3.8, 4) is 0 Å². The molecule has 558 valence electrons. The first kappa shape index (κ1) is 85.8. The molecule has 0 spiro atoms. The number of unbranched alkanes of at least 4 members (excludes halogenated alkanes) is 6. The summed E-state index contributed by atoms with van der Waals surface area (Å²) < 4.78 is 18.9. The molecule has 5 unspecified atom stereocenters. The number of nitrogens with zero attached hydrogens (tertiary/aromatic N) is 1. The highest BCUT2D eigenvalue weighted by molar-refractivity contribution is 8.01. The molecule has 2 aliphatic carbocycles. The van der Waals surface area contributed by atoms with Gasteiger partial charge in [-0.05, 0) is 153 Å². The van der Waals surface area contributed by atoms with Crippen molar-refractivity contribution in [2.45, 2.75) is 317 Å². The van der Waals surface area contributed by atoms with E-state index in [9.17, 15) is 19.5 Å². The molecule has 2 amide bonds. The van der Waals surface area contributed by atoms with Gasteiger partial charge in [0.15, 0.2) is 0 Å². The van der Waals surface area contributed by atoms with Crippen LogP contribution in [0.25, 0.3) is 6.08 Å². The summed E-state index contributed by atoms with van der Waals surface area (Å²) in [5, 5.41) is 24.2. The molecule has 0 bridgehead atoms. The number of hydrogen-bond acceptors (Lipinski definition) is 13. The molecule has 1 aromatic rings. The number of hydrogen-bond donors (Lipinski definition) is 5. The van der Waals surface area contributed by atoms with Gasteiger partial charge in [-0.25, -0.2) is 14.6 Å². The van der Waals surface area contributed by atoms with Crippen molar-refractivity contribution in [2.24, 2.45) is 78.9 Å². The Morgan fingerprint density at radius 2 is 1.07 bits per heavy atom. The van der Waals surface area contributed by atoms with Gasteiger partial charge in [0.25, 0.3) is 0 Å². The number of carboxylic acid groups (broad SMARTS) is 2. The highest BCUT2D eigenvalue weighted by Gasteiger charge is 2.52. The lowest BCUT2D eigenvalue weighted by atomic mass is 9.59. The van der Waals surface area contributed by atoms with Gasteiger partial charge in [0.2, 0.25) is 11.8 Å². The third-order valence-corrected chi connectivity index (χ3v) is 25.3. The Labute approximate surface area is 600 Å². The number of esters is 3. The predicted molar refractivity (Wildman–Crippen MR) is 403 cm³/mol. The van der Waals surface area contributed by atoms with Crippen LogP contribution in [0.5, 0.6) is 0 Å². The molecule has 0 aromatic carbocycles. The molecule has 5 N–H and O–H groups in total. The molecule has 16 nitrogen and oxygen atoms in total. The molecule has 1 aliphatic heterocycles. The fourth-order valence-electron chi connectivity index (χ4n) is 15.4.